The first kappa shape index (κ1) is 22.9. The number of amides is 2. The van der Waals surface area contributed by atoms with Crippen LogP contribution in [0.5, 0.6) is 5.75 Å². The fourth-order valence-corrected chi connectivity index (χ4v) is 4.91. The van der Waals surface area contributed by atoms with Crippen LogP contribution in [0.4, 0.5) is 8.78 Å². The highest BCUT2D eigenvalue weighted by molar-refractivity contribution is 9.10. The molecule has 0 unspecified atom stereocenters. The molecule has 2 aliphatic rings. The van der Waals surface area contributed by atoms with E-state index in [2.05, 4.69) is 25.6 Å². The largest absolute Gasteiger partial charge is 0.435 e. The Morgan fingerprint density at radius 1 is 1.00 bits per heavy atom. The summed E-state index contributed by atoms with van der Waals surface area (Å²) in [6.07, 6.45) is 3.58. The highest BCUT2D eigenvalue weighted by Crippen LogP contribution is 2.29. The molecule has 2 amide bonds. The minimum Gasteiger partial charge on any atom is -0.435 e. The fourth-order valence-electron chi connectivity index (χ4n) is 4.50. The summed E-state index contributed by atoms with van der Waals surface area (Å²) in [5, 5.41) is 0. The Kier molecular flexibility index (Phi) is 7.20. The number of likely N-dealkylation sites (tertiary alicyclic amines) is 1. The molecule has 0 aromatic heterocycles. The van der Waals surface area contributed by atoms with E-state index in [-0.39, 0.29) is 17.6 Å². The highest BCUT2D eigenvalue weighted by atomic mass is 79.9. The van der Waals surface area contributed by atoms with Crippen LogP contribution >= 0.6 is 15.9 Å². The van der Waals surface area contributed by atoms with Gasteiger partial charge in [-0.05, 0) is 87.1 Å². The van der Waals surface area contributed by atoms with Crippen LogP contribution in [0.2, 0.25) is 0 Å². The third kappa shape index (κ3) is 5.18. The van der Waals surface area contributed by atoms with Crippen molar-refractivity contribution in [2.45, 2.75) is 32.3 Å². The lowest BCUT2D eigenvalue weighted by Crippen LogP contribution is -2.37. The van der Waals surface area contributed by atoms with Crippen LogP contribution in [0.25, 0.3) is 0 Å². The van der Waals surface area contributed by atoms with E-state index in [1.54, 1.807) is 36.4 Å². The number of alkyl halides is 2. The van der Waals surface area contributed by atoms with Gasteiger partial charge in [-0.25, -0.2) is 0 Å². The van der Waals surface area contributed by atoms with Gasteiger partial charge in [-0.15, -0.1) is 0 Å². The van der Waals surface area contributed by atoms with E-state index in [9.17, 15) is 18.4 Å². The summed E-state index contributed by atoms with van der Waals surface area (Å²) < 4.78 is 30.4. The molecule has 2 aliphatic heterocycles. The molecule has 0 atom stereocenters. The molecule has 5 nitrogen and oxygen atoms in total. The summed E-state index contributed by atoms with van der Waals surface area (Å²) in [4.78, 5) is 28.6. The number of rotatable bonds is 8. The molecular weight excluding hydrogens is 482 g/mol. The van der Waals surface area contributed by atoms with Gasteiger partial charge in [0.1, 0.15) is 5.75 Å². The Labute approximate surface area is 194 Å². The van der Waals surface area contributed by atoms with E-state index in [4.69, 9.17) is 0 Å². The second kappa shape index (κ2) is 10.1. The Hall–Kier alpha value is -2.32. The molecule has 2 heterocycles. The number of piperidine rings is 1. The smallest absolute Gasteiger partial charge is 0.387 e. The van der Waals surface area contributed by atoms with E-state index in [1.165, 1.54) is 11.0 Å². The van der Waals surface area contributed by atoms with Crippen molar-refractivity contribution >= 4 is 27.7 Å². The number of fused-ring (bicyclic) bond motifs is 1. The molecule has 1 fully saturated rings. The molecule has 0 N–H and O–H groups in total. The Bertz CT molecular complexity index is 958. The van der Waals surface area contributed by atoms with Crippen LogP contribution < -0.4 is 4.74 Å². The maximum atomic E-state index is 12.5. The minimum atomic E-state index is -2.83. The first-order valence-corrected chi connectivity index (χ1v) is 11.6. The molecule has 0 saturated carbocycles. The van der Waals surface area contributed by atoms with Gasteiger partial charge in [0.25, 0.3) is 11.8 Å². The lowest BCUT2D eigenvalue weighted by atomic mass is 9.90. The fraction of sp³-hybridized carbons (Fsp3) is 0.417. The van der Waals surface area contributed by atoms with Crippen molar-refractivity contribution in [3.05, 3.63) is 63.6 Å². The van der Waals surface area contributed by atoms with Gasteiger partial charge in [0.05, 0.1) is 11.1 Å². The summed E-state index contributed by atoms with van der Waals surface area (Å²) in [7, 11) is 0. The second-order valence-electron chi connectivity index (χ2n) is 8.28. The maximum Gasteiger partial charge on any atom is 0.387 e. The van der Waals surface area contributed by atoms with E-state index in [0.29, 0.717) is 23.6 Å². The molecule has 0 bridgehead atoms. The van der Waals surface area contributed by atoms with Crippen molar-refractivity contribution in [2.24, 2.45) is 5.92 Å². The molecular formula is C24H25BrF2N2O3. The number of benzene rings is 2. The average Bonchev–Trinajstić information content (AvgIpc) is 3.02. The van der Waals surface area contributed by atoms with Crippen LogP contribution in [0.3, 0.4) is 0 Å². The predicted molar refractivity (Wildman–Crippen MR) is 120 cm³/mol. The summed E-state index contributed by atoms with van der Waals surface area (Å²) in [5.74, 6) is 0.255. The minimum absolute atomic E-state index is 0.184. The third-order valence-corrected chi connectivity index (χ3v) is 6.97. The molecule has 170 valence electrons. The molecule has 4 rings (SSSR count). The van der Waals surface area contributed by atoms with Crippen LogP contribution in [0.1, 0.15) is 45.5 Å². The number of carbonyl (C=O) groups is 2. The van der Waals surface area contributed by atoms with Crippen LogP contribution in [-0.4, -0.2) is 54.4 Å². The van der Waals surface area contributed by atoms with E-state index >= 15 is 0 Å². The van der Waals surface area contributed by atoms with Crippen molar-refractivity contribution < 1.29 is 23.1 Å². The molecule has 1 saturated heterocycles. The third-order valence-electron chi connectivity index (χ3n) is 6.19. The highest BCUT2D eigenvalue weighted by Gasteiger charge is 2.34. The van der Waals surface area contributed by atoms with Crippen molar-refractivity contribution in [1.29, 1.82) is 0 Å². The van der Waals surface area contributed by atoms with Crippen molar-refractivity contribution in [3.8, 4) is 5.75 Å². The maximum absolute atomic E-state index is 12.5. The van der Waals surface area contributed by atoms with Gasteiger partial charge in [-0.1, -0.05) is 28.1 Å². The number of ether oxygens (including phenoxy) is 1. The Morgan fingerprint density at radius 3 is 2.28 bits per heavy atom. The van der Waals surface area contributed by atoms with Gasteiger partial charge in [0.15, 0.2) is 0 Å². The number of imide groups is 1. The van der Waals surface area contributed by atoms with Crippen LogP contribution in [0, 0.1) is 5.92 Å². The zero-order chi connectivity index (χ0) is 22.7. The van der Waals surface area contributed by atoms with Crippen molar-refractivity contribution in [1.82, 2.24) is 9.80 Å². The summed E-state index contributed by atoms with van der Waals surface area (Å²) in [6.45, 7) is 0.319. The lowest BCUT2D eigenvalue weighted by Gasteiger charge is -2.32. The lowest BCUT2D eigenvalue weighted by molar-refractivity contribution is -0.0499. The van der Waals surface area contributed by atoms with E-state index in [0.717, 1.165) is 55.4 Å². The number of hydrogen-bond donors (Lipinski definition) is 0. The summed E-state index contributed by atoms with van der Waals surface area (Å²) >= 11 is 3.51. The van der Waals surface area contributed by atoms with Gasteiger partial charge in [-0.2, -0.15) is 8.78 Å². The van der Waals surface area contributed by atoms with E-state index < -0.39 is 6.61 Å². The average molecular weight is 507 g/mol. The molecule has 0 spiro atoms. The zero-order valence-corrected chi connectivity index (χ0v) is 19.2. The normalized spacial score (nSPS) is 17.3. The monoisotopic (exact) mass is 506 g/mol. The van der Waals surface area contributed by atoms with E-state index in [1.807, 2.05) is 0 Å². The van der Waals surface area contributed by atoms with Crippen molar-refractivity contribution in [3.63, 3.8) is 0 Å². The molecule has 2 aromatic rings. The topological polar surface area (TPSA) is 49.9 Å². The SMILES string of the molecule is O=C1c2ccccc2C(=O)N1CCCN1CCC(Cc2cc(OC(F)F)ccc2Br)CC1. The quantitative estimate of drug-likeness (QED) is 0.473. The van der Waals surface area contributed by atoms with Gasteiger partial charge >= 0.3 is 6.61 Å². The first-order chi connectivity index (χ1) is 15.4. The molecule has 32 heavy (non-hydrogen) atoms. The number of hydrogen-bond acceptors (Lipinski definition) is 4. The summed E-state index contributed by atoms with van der Waals surface area (Å²) in [5.41, 5.74) is 1.97. The van der Waals surface area contributed by atoms with Crippen LogP contribution in [0.15, 0.2) is 46.9 Å². The molecule has 0 aliphatic carbocycles. The second-order valence-corrected chi connectivity index (χ2v) is 9.14. The van der Waals surface area contributed by atoms with Gasteiger partial charge in [-0.3, -0.25) is 14.5 Å². The standard InChI is InChI=1S/C24H25BrF2N2O3/c25-21-7-6-18(32-24(26)27)15-17(21)14-16-8-12-28(13-9-16)10-3-11-29-22(30)19-4-1-2-5-20(19)23(29)31/h1-2,4-7,15-16,24H,3,8-14H2. The number of halogens is 3. The van der Waals surface area contributed by atoms with Gasteiger partial charge < -0.3 is 9.64 Å². The predicted octanol–water partition coefficient (Wildman–Crippen LogP) is 4.99. The number of carbonyl (C=O) groups excluding carboxylic acids is 2. The molecule has 0 radical (unpaired) electrons. The Morgan fingerprint density at radius 2 is 1.66 bits per heavy atom. The number of nitrogens with zero attached hydrogens (tertiary/aromatic N) is 2. The van der Waals surface area contributed by atoms with Gasteiger partial charge in [0.2, 0.25) is 0 Å². The Balaban J connectivity index is 1.22. The molecule has 2 aromatic carbocycles. The molecule has 8 heteroatoms. The first-order valence-electron chi connectivity index (χ1n) is 10.8. The van der Waals surface area contributed by atoms with Gasteiger partial charge in [0, 0.05) is 11.0 Å². The summed E-state index contributed by atoms with van der Waals surface area (Å²) in [6, 6.07) is 11.9. The van der Waals surface area contributed by atoms with Crippen molar-refractivity contribution in [2.75, 3.05) is 26.2 Å². The zero-order valence-electron chi connectivity index (χ0n) is 17.6. The van der Waals surface area contributed by atoms with Crippen LogP contribution in [-0.2, 0) is 6.42 Å².